The second kappa shape index (κ2) is 9.99. The average Bonchev–Trinajstić information content (AvgIpc) is 2.64. The molecule has 0 saturated carbocycles. The summed E-state index contributed by atoms with van der Waals surface area (Å²) in [6, 6.07) is 11.9. The van der Waals surface area contributed by atoms with E-state index in [9.17, 15) is 14.0 Å². The number of aryl methyl sites for hydroxylation is 2. The Hall–Kier alpha value is -2.73. The van der Waals surface area contributed by atoms with Gasteiger partial charge in [-0.3, -0.25) is 9.59 Å². The zero-order valence-electron chi connectivity index (χ0n) is 16.8. The maximum Gasteiger partial charge on any atom is 0.243 e. The fourth-order valence-electron chi connectivity index (χ4n) is 3.05. The van der Waals surface area contributed by atoms with Crippen molar-refractivity contribution in [2.24, 2.45) is 5.92 Å². The molecule has 2 aromatic rings. The lowest BCUT2D eigenvalue weighted by molar-refractivity contribution is -0.123. The first-order valence-electron chi connectivity index (χ1n) is 9.39. The largest absolute Gasteiger partial charge is 0.346 e. The average molecular weight is 385 g/mol. The molecule has 0 aromatic heterocycles. The lowest BCUT2D eigenvalue weighted by Crippen LogP contribution is -2.40. The van der Waals surface area contributed by atoms with E-state index in [1.54, 1.807) is 12.1 Å². The first-order chi connectivity index (χ1) is 13.3. The smallest absolute Gasteiger partial charge is 0.243 e. The van der Waals surface area contributed by atoms with Crippen molar-refractivity contribution < 1.29 is 14.0 Å². The van der Waals surface area contributed by atoms with Crippen LogP contribution in [-0.2, 0) is 9.59 Å². The van der Waals surface area contributed by atoms with E-state index in [0.717, 1.165) is 22.4 Å². The van der Waals surface area contributed by atoms with Gasteiger partial charge in [-0.2, -0.15) is 0 Å². The van der Waals surface area contributed by atoms with Crippen LogP contribution in [0.5, 0.6) is 0 Å². The molecule has 28 heavy (non-hydrogen) atoms. The van der Waals surface area contributed by atoms with Gasteiger partial charge in [0.1, 0.15) is 5.82 Å². The molecule has 0 heterocycles. The van der Waals surface area contributed by atoms with Gasteiger partial charge in [0, 0.05) is 11.7 Å². The summed E-state index contributed by atoms with van der Waals surface area (Å²) in [7, 11) is 0. The maximum atomic E-state index is 13.1. The number of carbonyl (C=O) groups excluding carboxylic acids is 2. The van der Waals surface area contributed by atoms with Gasteiger partial charge in [0.15, 0.2) is 0 Å². The Balaban J connectivity index is 1.84. The van der Waals surface area contributed by atoms with Crippen molar-refractivity contribution in [3.63, 3.8) is 0 Å². The number of hydrogen-bond donors (Lipinski definition) is 3. The second-order valence-corrected chi connectivity index (χ2v) is 7.25. The van der Waals surface area contributed by atoms with Crippen LogP contribution in [0, 0.1) is 25.6 Å². The molecule has 0 unspecified atom stereocenters. The van der Waals surface area contributed by atoms with Gasteiger partial charge in [0.2, 0.25) is 11.8 Å². The van der Waals surface area contributed by atoms with Crippen LogP contribution in [0.15, 0.2) is 42.5 Å². The summed E-state index contributed by atoms with van der Waals surface area (Å²) in [6.45, 7) is 7.86. The van der Waals surface area contributed by atoms with Crippen LogP contribution in [0.1, 0.15) is 36.6 Å². The first-order valence-corrected chi connectivity index (χ1v) is 9.39. The molecule has 2 aromatic carbocycles. The number of anilines is 1. The van der Waals surface area contributed by atoms with Crippen LogP contribution in [0.3, 0.4) is 0 Å². The Morgan fingerprint density at radius 1 is 0.929 bits per heavy atom. The van der Waals surface area contributed by atoms with Gasteiger partial charge in [-0.05, 0) is 48.6 Å². The summed E-state index contributed by atoms with van der Waals surface area (Å²) in [5.41, 5.74) is 3.63. The van der Waals surface area contributed by atoms with E-state index in [1.165, 1.54) is 12.1 Å². The van der Waals surface area contributed by atoms with Gasteiger partial charge in [0.25, 0.3) is 0 Å². The molecular formula is C22H28FN3O2. The van der Waals surface area contributed by atoms with Crippen LogP contribution < -0.4 is 16.0 Å². The molecule has 5 nitrogen and oxygen atoms in total. The predicted molar refractivity (Wildman–Crippen MR) is 110 cm³/mol. The van der Waals surface area contributed by atoms with Crippen molar-refractivity contribution in [3.05, 3.63) is 65.0 Å². The first kappa shape index (κ1) is 21.6. The Morgan fingerprint density at radius 2 is 1.54 bits per heavy atom. The van der Waals surface area contributed by atoms with Crippen LogP contribution in [0.2, 0.25) is 0 Å². The minimum absolute atomic E-state index is 0.0664. The normalized spacial score (nSPS) is 11.9. The van der Waals surface area contributed by atoms with Gasteiger partial charge in [0.05, 0.1) is 13.1 Å². The molecule has 150 valence electrons. The van der Waals surface area contributed by atoms with Gasteiger partial charge in [-0.1, -0.05) is 44.2 Å². The van der Waals surface area contributed by atoms with E-state index in [-0.39, 0.29) is 42.7 Å². The van der Waals surface area contributed by atoms with Gasteiger partial charge in [-0.25, -0.2) is 4.39 Å². The Bertz CT molecular complexity index is 799. The highest BCUT2D eigenvalue weighted by Crippen LogP contribution is 2.21. The number of amides is 2. The standard InChI is InChI=1S/C22H28FN3O2/c1-14(2)21(17-8-10-18(23)11-9-17)25-12-19(27)24-13-20(28)26-22-15(3)6-5-7-16(22)4/h5-11,14,21,25H,12-13H2,1-4H3,(H,24,27)(H,26,28)/t21-/m1/s1. The van der Waals surface area contributed by atoms with E-state index in [2.05, 4.69) is 16.0 Å². The molecule has 6 heteroatoms. The highest BCUT2D eigenvalue weighted by molar-refractivity contribution is 5.95. The third-order valence-electron chi connectivity index (χ3n) is 4.57. The van der Waals surface area contributed by atoms with E-state index < -0.39 is 0 Å². The number of carbonyl (C=O) groups is 2. The van der Waals surface area contributed by atoms with Crippen molar-refractivity contribution in [1.82, 2.24) is 10.6 Å². The van der Waals surface area contributed by atoms with Crippen molar-refractivity contribution in [2.45, 2.75) is 33.7 Å². The molecule has 2 rings (SSSR count). The Kier molecular flexibility index (Phi) is 7.70. The fraction of sp³-hybridized carbons (Fsp3) is 0.364. The summed E-state index contributed by atoms with van der Waals surface area (Å²) in [5, 5.41) is 8.64. The monoisotopic (exact) mass is 385 g/mol. The van der Waals surface area contributed by atoms with Crippen LogP contribution >= 0.6 is 0 Å². The van der Waals surface area contributed by atoms with E-state index in [0.29, 0.717) is 0 Å². The van der Waals surface area contributed by atoms with Crippen molar-refractivity contribution in [3.8, 4) is 0 Å². The topological polar surface area (TPSA) is 70.2 Å². The maximum absolute atomic E-state index is 13.1. The zero-order valence-corrected chi connectivity index (χ0v) is 16.8. The Labute approximate surface area is 165 Å². The van der Waals surface area contributed by atoms with Crippen LogP contribution in [-0.4, -0.2) is 24.9 Å². The third kappa shape index (κ3) is 6.16. The highest BCUT2D eigenvalue weighted by Gasteiger charge is 2.17. The highest BCUT2D eigenvalue weighted by atomic mass is 19.1. The quantitative estimate of drug-likeness (QED) is 0.652. The van der Waals surface area contributed by atoms with Gasteiger partial charge < -0.3 is 16.0 Å². The molecule has 2 amide bonds. The molecular weight excluding hydrogens is 357 g/mol. The molecule has 0 aliphatic heterocycles. The Morgan fingerprint density at radius 3 is 2.11 bits per heavy atom. The van der Waals surface area contributed by atoms with Crippen LogP contribution in [0.4, 0.5) is 10.1 Å². The number of halogens is 1. The number of nitrogens with one attached hydrogen (secondary N) is 3. The molecule has 1 atom stereocenters. The third-order valence-corrected chi connectivity index (χ3v) is 4.57. The SMILES string of the molecule is Cc1cccc(C)c1NC(=O)CNC(=O)CN[C@@H](c1ccc(F)cc1)C(C)C. The molecule has 0 saturated heterocycles. The molecule has 0 aliphatic rings. The summed E-state index contributed by atoms with van der Waals surface area (Å²) < 4.78 is 13.1. The molecule has 0 radical (unpaired) electrons. The summed E-state index contributed by atoms with van der Waals surface area (Å²) >= 11 is 0. The van der Waals surface area contributed by atoms with Crippen LogP contribution in [0.25, 0.3) is 0 Å². The minimum atomic E-state index is -0.293. The van der Waals surface area contributed by atoms with E-state index in [1.807, 2.05) is 45.9 Å². The fourth-order valence-corrected chi connectivity index (χ4v) is 3.05. The summed E-state index contributed by atoms with van der Waals surface area (Å²) in [4.78, 5) is 24.3. The van der Waals surface area contributed by atoms with E-state index in [4.69, 9.17) is 0 Å². The second-order valence-electron chi connectivity index (χ2n) is 7.25. The van der Waals surface area contributed by atoms with Crippen molar-refractivity contribution in [1.29, 1.82) is 0 Å². The number of benzene rings is 2. The zero-order chi connectivity index (χ0) is 20.7. The number of rotatable bonds is 8. The molecule has 0 fully saturated rings. The van der Waals surface area contributed by atoms with Crippen molar-refractivity contribution in [2.75, 3.05) is 18.4 Å². The van der Waals surface area contributed by atoms with E-state index >= 15 is 0 Å². The molecule has 0 spiro atoms. The minimum Gasteiger partial charge on any atom is -0.346 e. The predicted octanol–water partition coefficient (Wildman–Crippen LogP) is 3.48. The molecule has 0 bridgehead atoms. The number of hydrogen-bond acceptors (Lipinski definition) is 3. The summed E-state index contributed by atoms with van der Waals surface area (Å²) in [6.07, 6.45) is 0. The number of para-hydroxylation sites is 1. The van der Waals surface area contributed by atoms with Crippen molar-refractivity contribution >= 4 is 17.5 Å². The van der Waals surface area contributed by atoms with Gasteiger partial charge >= 0.3 is 0 Å². The van der Waals surface area contributed by atoms with Gasteiger partial charge in [-0.15, -0.1) is 0 Å². The molecule has 0 aliphatic carbocycles. The lowest BCUT2D eigenvalue weighted by Gasteiger charge is -2.22. The summed E-state index contributed by atoms with van der Waals surface area (Å²) in [5.74, 6) is -0.626. The molecule has 3 N–H and O–H groups in total. The lowest BCUT2D eigenvalue weighted by atomic mass is 9.96.